The monoisotopic (exact) mass is 272 g/mol. The highest BCUT2D eigenvalue weighted by atomic mass is 16.5. The van der Waals surface area contributed by atoms with E-state index >= 15 is 0 Å². The summed E-state index contributed by atoms with van der Waals surface area (Å²) in [6, 6.07) is 0. The maximum Gasteiger partial charge on any atom is 0.320 e. The van der Waals surface area contributed by atoms with Gasteiger partial charge in [0.05, 0.1) is 21.3 Å². The van der Waals surface area contributed by atoms with Gasteiger partial charge in [-0.2, -0.15) is 0 Å². The number of ether oxygens (including phenoxy) is 3. The highest BCUT2D eigenvalue weighted by Gasteiger charge is 2.27. The van der Waals surface area contributed by atoms with Crippen molar-refractivity contribution in [3.05, 3.63) is 12.2 Å². The molecule has 0 rings (SSSR count). The fourth-order valence-electron chi connectivity index (χ4n) is 1.42. The summed E-state index contributed by atoms with van der Waals surface area (Å²) < 4.78 is 13.6. The van der Waals surface area contributed by atoms with Gasteiger partial charge in [0, 0.05) is 6.42 Å². The van der Waals surface area contributed by atoms with Crippen molar-refractivity contribution in [1.29, 1.82) is 0 Å². The lowest BCUT2D eigenvalue weighted by atomic mass is 10.0. The fraction of sp³-hybridized carbons (Fsp3) is 0.615. The third-order valence-electron chi connectivity index (χ3n) is 2.50. The van der Waals surface area contributed by atoms with E-state index in [0.29, 0.717) is 25.7 Å². The van der Waals surface area contributed by atoms with Gasteiger partial charge in [-0.15, -0.1) is 0 Å². The molecule has 0 aromatic carbocycles. The molecular formula is C13H20O6. The number of carbonyl (C=O) groups excluding carboxylic acids is 3. The van der Waals surface area contributed by atoms with Crippen LogP contribution >= 0.6 is 0 Å². The largest absolute Gasteiger partial charge is 0.469 e. The Hall–Kier alpha value is -1.85. The van der Waals surface area contributed by atoms with Gasteiger partial charge in [-0.3, -0.25) is 14.4 Å². The molecule has 0 N–H and O–H groups in total. The Morgan fingerprint density at radius 1 is 0.895 bits per heavy atom. The molecule has 0 aliphatic carbocycles. The molecule has 0 aromatic heterocycles. The Morgan fingerprint density at radius 2 is 1.42 bits per heavy atom. The SMILES string of the molecule is COC(=O)CCC=CCCC(C(=O)OC)C(=O)OC. The van der Waals surface area contributed by atoms with Gasteiger partial charge >= 0.3 is 17.9 Å². The normalized spacial score (nSPS) is 10.5. The van der Waals surface area contributed by atoms with Crippen LogP contribution in [0.2, 0.25) is 0 Å². The van der Waals surface area contributed by atoms with Crippen LogP contribution in [0.15, 0.2) is 12.2 Å². The van der Waals surface area contributed by atoms with Crippen LogP contribution in [0.3, 0.4) is 0 Å². The molecule has 0 atom stereocenters. The number of hydrogen-bond donors (Lipinski definition) is 0. The number of allylic oxidation sites excluding steroid dienone is 2. The van der Waals surface area contributed by atoms with E-state index < -0.39 is 17.9 Å². The minimum absolute atomic E-state index is 0.272. The number of hydrogen-bond acceptors (Lipinski definition) is 6. The Bertz CT molecular complexity index is 318. The number of esters is 3. The molecule has 0 radical (unpaired) electrons. The van der Waals surface area contributed by atoms with Gasteiger partial charge in [0.1, 0.15) is 0 Å². The summed E-state index contributed by atoms with van der Waals surface area (Å²) >= 11 is 0. The quantitative estimate of drug-likeness (QED) is 0.286. The first-order valence-corrected chi connectivity index (χ1v) is 5.94. The molecule has 6 nitrogen and oxygen atoms in total. The molecule has 0 spiro atoms. The lowest BCUT2D eigenvalue weighted by Gasteiger charge is -2.10. The third-order valence-corrected chi connectivity index (χ3v) is 2.50. The van der Waals surface area contributed by atoms with Crippen molar-refractivity contribution in [2.75, 3.05) is 21.3 Å². The minimum atomic E-state index is -0.903. The van der Waals surface area contributed by atoms with Crippen LogP contribution in [0, 0.1) is 5.92 Å². The van der Waals surface area contributed by atoms with E-state index in [-0.39, 0.29) is 5.97 Å². The molecule has 0 aromatic rings. The van der Waals surface area contributed by atoms with E-state index in [1.165, 1.54) is 21.3 Å². The smallest absolute Gasteiger partial charge is 0.320 e. The van der Waals surface area contributed by atoms with Crippen molar-refractivity contribution in [3.8, 4) is 0 Å². The summed E-state index contributed by atoms with van der Waals surface area (Å²) in [5, 5.41) is 0. The van der Waals surface area contributed by atoms with Crippen molar-refractivity contribution in [2.45, 2.75) is 25.7 Å². The van der Waals surface area contributed by atoms with E-state index in [1.54, 1.807) is 0 Å². The lowest BCUT2D eigenvalue weighted by Crippen LogP contribution is -2.26. The van der Waals surface area contributed by atoms with Crippen molar-refractivity contribution in [1.82, 2.24) is 0 Å². The Labute approximate surface area is 112 Å². The number of methoxy groups -OCH3 is 3. The molecule has 0 heterocycles. The first kappa shape index (κ1) is 17.2. The van der Waals surface area contributed by atoms with Gasteiger partial charge in [-0.1, -0.05) is 12.2 Å². The Morgan fingerprint density at radius 3 is 1.89 bits per heavy atom. The van der Waals surface area contributed by atoms with Crippen molar-refractivity contribution in [2.24, 2.45) is 5.92 Å². The van der Waals surface area contributed by atoms with Gasteiger partial charge in [0.15, 0.2) is 5.92 Å². The summed E-state index contributed by atoms with van der Waals surface area (Å²) in [6.07, 6.45) is 5.33. The second kappa shape index (κ2) is 10.1. The van der Waals surface area contributed by atoms with Gasteiger partial charge in [0.25, 0.3) is 0 Å². The molecule has 0 aliphatic rings. The first-order valence-electron chi connectivity index (χ1n) is 5.94. The van der Waals surface area contributed by atoms with Crippen LogP contribution < -0.4 is 0 Å². The fourth-order valence-corrected chi connectivity index (χ4v) is 1.42. The van der Waals surface area contributed by atoms with Crippen LogP contribution in [0.1, 0.15) is 25.7 Å². The van der Waals surface area contributed by atoms with Crippen LogP contribution in [0.4, 0.5) is 0 Å². The summed E-state index contributed by atoms with van der Waals surface area (Å²) in [5.41, 5.74) is 0. The van der Waals surface area contributed by atoms with Crippen LogP contribution in [0.5, 0.6) is 0 Å². The topological polar surface area (TPSA) is 78.9 Å². The predicted molar refractivity (Wildman–Crippen MR) is 67.1 cm³/mol. The maximum atomic E-state index is 11.4. The number of carbonyl (C=O) groups is 3. The average molecular weight is 272 g/mol. The zero-order valence-corrected chi connectivity index (χ0v) is 11.5. The summed E-state index contributed by atoms with van der Waals surface area (Å²) in [7, 11) is 3.79. The van der Waals surface area contributed by atoms with Gasteiger partial charge < -0.3 is 14.2 Å². The second-order valence-corrected chi connectivity index (χ2v) is 3.76. The molecule has 6 heteroatoms. The lowest BCUT2D eigenvalue weighted by molar-refractivity contribution is -0.159. The van der Waals surface area contributed by atoms with E-state index in [2.05, 4.69) is 14.2 Å². The highest BCUT2D eigenvalue weighted by Crippen LogP contribution is 2.11. The predicted octanol–water partition coefficient (Wildman–Crippen LogP) is 1.24. The minimum Gasteiger partial charge on any atom is -0.469 e. The van der Waals surface area contributed by atoms with Gasteiger partial charge in [0.2, 0.25) is 0 Å². The summed E-state index contributed by atoms with van der Waals surface area (Å²) in [5.74, 6) is -2.38. The van der Waals surface area contributed by atoms with E-state index in [9.17, 15) is 14.4 Å². The van der Waals surface area contributed by atoms with E-state index in [0.717, 1.165) is 0 Å². The molecule has 0 saturated heterocycles. The molecule has 0 bridgehead atoms. The van der Waals surface area contributed by atoms with Gasteiger partial charge in [-0.05, 0) is 19.3 Å². The molecule has 0 saturated carbocycles. The van der Waals surface area contributed by atoms with Crippen LogP contribution in [-0.4, -0.2) is 39.2 Å². The average Bonchev–Trinajstić information content (AvgIpc) is 2.44. The first-order chi connectivity index (χ1) is 9.06. The summed E-state index contributed by atoms with van der Waals surface area (Å²) in [6.45, 7) is 0. The van der Waals surface area contributed by atoms with Crippen LogP contribution in [-0.2, 0) is 28.6 Å². The zero-order chi connectivity index (χ0) is 14.7. The molecule has 0 aliphatic heterocycles. The molecule has 0 amide bonds. The number of rotatable bonds is 8. The van der Waals surface area contributed by atoms with Gasteiger partial charge in [-0.25, -0.2) is 0 Å². The van der Waals surface area contributed by atoms with Crippen molar-refractivity contribution >= 4 is 17.9 Å². The van der Waals surface area contributed by atoms with E-state index in [4.69, 9.17) is 0 Å². The zero-order valence-electron chi connectivity index (χ0n) is 11.5. The van der Waals surface area contributed by atoms with Crippen molar-refractivity contribution < 1.29 is 28.6 Å². The third kappa shape index (κ3) is 7.23. The molecule has 0 unspecified atom stereocenters. The molecule has 19 heavy (non-hydrogen) atoms. The maximum absolute atomic E-state index is 11.4. The molecular weight excluding hydrogens is 252 g/mol. The summed E-state index contributed by atoms with van der Waals surface area (Å²) in [4.78, 5) is 33.5. The van der Waals surface area contributed by atoms with Crippen LogP contribution in [0.25, 0.3) is 0 Å². The highest BCUT2D eigenvalue weighted by molar-refractivity contribution is 5.94. The van der Waals surface area contributed by atoms with E-state index in [1.807, 2.05) is 12.2 Å². The second-order valence-electron chi connectivity index (χ2n) is 3.76. The Balaban J connectivity index is 4.06. The molecule has 0 fully saturated rings. The standard InChI is InChI=1S/C13H20O6/c1-17-11(14)9-7-5-4-6-8-10(12(15)18-2)13(16)19-3/h4-5,10H,6-9H2,1-3H3. The van der Waals surface area contributed by atoms with Crippen molar-refractivity contribution in [3.63, 3.8) is 0 Å². The Kier molecular flexibility index (Phi) is 9.12. The molecule has 108 valence electrons.